The van der Waals surface area contributed by atoms with Crippen molar-refractivity contribution in [2.45, 2.75) is 137 Å². The summed E-state index contributed by atoms with van der Waals surface area (Å²) in [4.78, 5) is 57.4. The summed E-state index contributed by atoms with van der Waals surface area (Å²) in [6, 6.07) is 12.0. The van der Waals surface area contributed by atoms with Gasteiger partial charge in [-0.05, 0) is 109 Å². The van der Waals surface area contributed by atoms with Crippen LogP contribution in [0.3, 0.4) is 0 Å². The van der Waals surface area contributed by atoms with Gasteiger partial charge in [0.1, 0.15) is 29.3 Å². The van der Waals surface area contributed by atoms with E-state index in [-0.39, 0.29) is 24.3 Å². The zero-order valence-electron chi connectivity index (χ0n) is 29.9. The molecule has 2 N–H and O–H groups in total. The lowest BCUT2D eigenvalue weighted by Crippen LogP contribution is -2.59. The number of hydrogen-bond acceptors (Lipinski definition) is 6. The molecule has 2 aromatic rings. The standard InChI is InChI=1S/C38H55N3O6/c1-24(2)21-30(40-36(45)47-38(8,9)10)34(43)41(29-17-14-18-29)32(28-20-19-25(3)26(4)22-28)33(42)39-31(35(44)46-37(5,6)7)23-27-15-12-11-13-16-27/h11-13,15-16,19-20,22,24,29-32H,14,17-18,21,23H2,1-10H3,(H,39,42)(H,40,45). The lowest BCUT2D eigenvalue weighted by molar-refractivity contribution is -0.159. The van der Waals surface area contributed by atoms with Crippen LogP contribution in [0.2, 0.25) is 0 Å². The molecule has 1 aliphatic rings. The van der Waals surface area contributed by atoms with Crippen molar-refractivity contribution >= 4 is 23.9 Å². The van der Waals surface area contributed by atoms with E-state index in [1.165, 1.54) is 0 Å². The van der Waals surface area contributed by atoms with Gasteiger partial charge in [0.15, 0.2) is 0 Å². The van der Waals surface area contributed by atoms with Crippen molar-refractivity contribution in [3.05, 3.63) is 70.8 Å². The minimum atomic E-state index is -1.05. The highest BCUT2D eigenvalue weighted by Crippen LogP contribution is 2.35. The first kappa shape index (κ1) is 37.6. The number of alkyl carbamates (subject to hydrolysis) is 1. The number of nitrogens with one attached hydrogen (secondary N) is 2. The molecular formula is C38H55N3O6. The Hall–Kier alpha value is -3.88. The molecule has 0 bridgehead atoms. The molecule has 0 aromatic heterocycles. The van der Waals surface area contributed by atoms with E-state index >= 15 is 0 Å². The Morgan fingerprint density at radius 2 is 1.45 bits per heavy atom. The fourth-order valence-corrected chi connectivity index (χ4v) is 5.55. The summed E-state index contributed by atoms with van der Waals surface area (Å²) in [6.45, 7) is 18.6. The van der Waals surface area contributed by atoms with Gasteiger partial charge in [0.25, 0.3) is 0 Å². The maximum atomic E-state index is 14.7. The van der Waals surface area contributed by atoms with Crippen LogP contribution < -0.4 is 10.6 Å². The van der Waals surface area contributed by atoms with Crippen molar-refractivity contribution in [3.8, 4) is 0 Å². The summed E-state index contributed by atoms with van der Waals surface area (Å²) in [5.74, 6) is -1.33. The number of nitrogens with zero attached hydrogens (tertiary/aromatic N) is 1. The van der Waals surface area contributed by atoms with E-state index < -0.39 is 47.3 Å². The molecule has 0 heterocycles. The third kappa shape index (κ3) is 11.4. The number of esters is 1. The van der Waals surface area contributed by atoms with E-state index in [0.29, 0.717) is 12.0 Å². The first-order chi connectivity index (χ1) is 21.8. The average Bonchev–Trinajstić information content (AvgIpc) is 2.91. The molecule has 3 unspecified atom stereocenters. The average molecular weight is 650 g/mol. The Labute approximate surface area is 281 Å². The molecule has 2 aromatic carbocycles. The molecule has 3 atom stereocenters. The van der Waals surface area contributed by atoms with Crippen molar-refractivity contribution in [1.82, 2.24) is 15.5 Å². The third-order valence-electron chi connectivity index (χ3n) is 8.08. The molecule has 1 fully saturated rings. The molecule has 3 amide bonds. The Morgan fingerprint density at radius 1 is 0.830 bits per heavy atom. The Bertz CT molecular complexity index is 1390. The minimum absolute atomic E-state index is 0.0680. The molecular weight excluding hydrogens is 594 g/mol. The van der Waals surface area contributed by atoms with E-state index in [4.69, 9.17) is 9.47 Å². The molecule has 0 spiro atoms. The van der Waals surface area contributed by atoms with Gasteiger partial charge in [-0.2, -0.15) is 0 Å². The molecule has 0 aliphatic heterocycles. The quantitative estimate of drug-likeness (QED) is 0.247. The highest BCUT2D eigenvalue weighted by Gasteiger charge is 2.43. The maximum Gasteiger partial charge on any atom is 0.408 e. The fourth-order valence-electron chi connectivity index (χ4n) is 5.55. The largest absolute Gasteiger partial charge is 0.458 e. The van der Waals surface area contributed by atoms with E-state index in [1.807, 2.05) is 76.2 Å². The maximum absolute atomic E-state index is 14.7. The van der Waals surface area contributed by atoms with Crippen LogP contribution >= 0.6 is 0 Å². The summed E-state index contributed by atoms with van der Waals surface area (Å²) >= 11 is 0. The van der Waals surface area contributed by atoms with Gasteiger partial charge >= 0.3 is 12.1 Å². The molecule has 9 heteroatoms. The van der Waals surface area contributed by atoms with Crippen LogP contribution in [-0.2, 0) is 30.3 Å². The lowest BCUT2D eigenvalue weighted by Gasteiger charge is -2.44. The van der Waals surface area contributed by atoms with Crippen molar-refractivity contribution in [3.63, 3.8) is 0 Å². The van der Waals surface area contributed by atoms with E-state index in [2.05, 4.69) is 10.6 Å². The summed E-state index contributed by atoms with van der Waals surface area (Å²) < 4.78 is 11.3. The minimum Gasteiger partial charge on any atom is -0.458 e. The molecule has 1 aliphatic carbocycles. The van der Waals surface area contributed by atoms with Gasteiger partial charge in [0, 0.05) is 12.5 Å². The molecule has 0 saturated heterocycles. The smallest absolute Gasteiger partial charge is 0.408 e. The predicted octanol–water partition coefficient (Wildman–Crippen LogP) is 6.73. The second-order valence-electron chi connectivity index (χ2n) is 15.2. The van der Waals surface area contributed by atoms with E-state index in [1.54, 1.807) is 46.4 Å². The molecule has 47 heavy (non-hydrogen) atoms. The van der Waals surface area contributed by atoms with Crippen molar-refractivity contribution in [2.24, 2.45) is 5.92 Å². The zero-order valence-corrected chi connectivity index (χ0v) is 29.9. The van der Waals surface area contributed by atoms with Crippen molar-refractivity contribution in [1.29, 1.82) is 0 Å². The van der Waals surface area contributed by atoms with Gasteiger partial charge in [0.05, 0.1) is 0 Å². The number of carbonyl (C=O) groups is 4. The Kier molecular flexibility index (Phi) is 12.6. The number of hydrogen-bond donors (Lipinski definition) is 2. The van der Waals surface area contributed by atoms with Gasteiger partial charge in [0.2, 0.25) is 11.8 Å². The Morgan fingerprint density at radius 3 is 1.96 bits per heavy atom. The molecule has 258 valence electrons. The second kappa shape index (κ2) is 15.8. The van der Waals surface area contributed by atoms with Gasteiger partial charge in [-0.15, -0.1) is 0 Å². The van der Waals surface area contributed by atoms with Crippen LogP contribution in [0.25, 0.3) is 0 Å². The van der Waals surface area contributed by atoms with Crippen LogP contribution in [0.1, 0.15) is 109 Å². The summed E-state index contributed by atoms with van der Waals surface area (Å²) in [5, 5.41) is 5.80. The van der Waals surface area contributed by atoms with Crippen LogP contribution in [0.15, 0.2) is 48.5 Å². The highest BCUT2D eigenvalue weighted by molar-refractivity contribution is 5.94. The Balaban J connectivity index is 2.09. The van der Waals surface area contributed by atoms with Crippen LogP contribution in [0.4, 0.5) is 4.79 Å². The first-order valence-corrected chi connectivity index (χ1v) is 16.8. The van der Waals surface area contributed by atoms with Gasteiger partial charge in [-0.1, -0.05) is 62.4 Å². The number of amides is 3. The zero-order chi connectivity index (χ0) is 35.1. The van der Waals surface area contributed by atoms with Gasteiger partial charge in [-0.25, -0.2) is 9.59 Å². The monoisotopic (exact) mass is 649 g/mol. The van der Waals surface area contributed by atoms with E-state index in [9.17, 15) is 19.2 Å². The summed E-state index contributed by atoms with van der Waals surface area (Å²) in [6.07, 6.45) is 2.25. The first-order valence-electron chi connectivity index (χ1n) is 16.8. The van der Waals surface area contributed by atoms with Crippen LogP contribution in [0, 0.1) is 19.8 Å². The molecule has 3 rings (SSSR count). The van der Waals surface area contributed by atoms with Crippen molar-refractivity contribution in [2.75, 3.05) is 0 Å². The van der Waals surface area contributed by atoms with Gasteiger partial charge in [-0.3, -0.25) is 9.59 Å². The van der Waals surface area contributed by atoms with Gasteiger partial charge < -0.3 is 25.0 Å². The second-order valence-corrected chi connectivity index (χ2v) is 15.2. The number of ether oxygens (including phenoxy) is 2. The third-order valence-corrected chi connectivity index (χ3v) is 8.08. The van der Waals surface area contributed by atoms with Crippen LogP contribution in [0.5, 0.6) is 0 Å². The molecule has 9 nitrogen and oxygen atoms in total. The number of rotatable bonds is 12. The number of aryl methyl sites for hydroxylation is 2. The molecule has 1 saturated carbocycles. The van der Waals surface area contributed by atoms with Crippen LogP contribution in [-0.4, -0.2) is 58.1 Å². The SMILES string of the molecule is Cc1ccc(C(C(=O)NC(Cc2ccccc2)C(=O)OC(C)(C)C)N(C(=O)C(CC(C)C)NC(=O)OC(C)(C)C)C2CCC2)cc1C. The summed E-state index contributed by atoms with van der Waals surface area (Å²) in [5.41, 5.74) is 2.00. The fraction of sp³-hybridized carbons (Fsp3) is 0.579. The normalized spacial score (nSPS) is 15.6. The lowest BCUT2D eigenvalue weighted by atomic mass is 9.87. The van der Waals surface area contributed by atoms with E-state index in [0.717, 1.165) is 36.0 Å². The summed E-state index contributed by atoms with van der Waals surface area (Å²) in [7, 11) is 0. The highest BCUT2D eigenvalue weighted by atomic mass is 16.6. The van der Waals surface area contributed by atoms with Crippen molar-refractivity contribution < 1.29 is 28.7 Å². The number of carbonyl (C=O) groups excluding carboxylic acids is 4. The predicted molar refractivity (Wildman–Crippen MR) is 184 cm³/mol. The topological polar surface area (TPSA) is 114 Å². The molecule has 0 radical (unpaired) electrons. The number of benzene rings is 2.